The molecule has 1 aromatic heterocycles. The third-order valence-corrected chi connectivity index (χ3v) is 5.52. The van der Waals surface area contributed by atoms with Crippen LogP contribution in [0.5, 0.6) is 5.75 Å². The first-order valence-electron chi connectivity index (χ1n) is 9.38. The number of carbonyl (C=O) groups is 3. The van der Waals surface area contributed by atoms with Crippen LogP contribution in [-0.2, 0) is 16.1 Å². The van der Waals surface area contributed by atoms with E-state index in [-0.39, 0.29) is 24.0 Å². The normalized spacial score (nSPS) is 18.8. The summed E-state index contributed by atoms with van der Waals surface area (Å²) in [5.74, 6) is -0.812. The van der Waals surface area contributed by atoms with Gasteiger partial charge in [-0.05, 0) is 36.2 Å². The monoisotopic (exact) mass is 387 g/mol. The van der Waals surface area contributed by atoms with Crippen molar-refractivity contribution in [3.63, 3.8) is 0 Å². The first kappa shape index (κ1) is 17.4. The number of nitrogens with one attached hydrogen (secondary N) is 1. The number of pyridine rings is 1. The lowest BCUT2D eigenvalue weighted by Crippen LogP contribution is -2.52. The van der Waals surface area contributed by atoms with E-state index in [2.05, 4.69) is 10.3 Å². The lowest BCUT2D eigenvalue weighted by atomic mass is 10.0. The summed E-state index contributed by atoms with van der Waals surface area (Å²) in [6.45, 7) is 0.313. The van der Waals surface area contributed by atoms with E-state index in [1.165, 1.54) is 4.90 Å². The Morgan fingerprint density at radius 2 is 1.93 bits per heavy atom. The van der Waals surface area contributed by atoms with E-state index >= 15 is 0 Å². The third-order valence-electron chi connectivity index (χ3n) is 5.52. The van der Waals surface area contributed by atoms with Gasteiger partial charge in [0.1, 0.15) is 17.3 Å². The summed E-state index contributed by atoms with van der Waals surface area (Å²) in [4.78, 5) is 42.5. The topological polar surface area (TPSA) is 99.6 Å². The Kier molecular flexibility index (Phi) is 3.84. The van der Waals surface area contributed by atoms with E-state index in [1.54, 1.807) is 18.2 Å². The second kappa shape index (κ2) is 6.41. The van der Waals surface area contributed by atoms with Gasteiger partial charge in [-0.25, -0.2) is 4.98 Å². The fourth-order valence-electron chi connectivity index (χ4n) is 4.03. The number of aromatic nitrogens is 1. The maximum Gasteiger partial charge on any atom is 0.255 e. The number of imide groups is 1. The number of benzene rings is 2. The number of phenols is 1. The molecule has 0 aliphatic carbocycles. The fraction of sp³-hybridized carbons (Fsp3) is 0.182. The number of fused-ring (bicyclic) bond motifs is 2. The zero-order valence-electron chi connectivity index (χ0n) is 15.4. The summed E-state index contributed by atoms with van der Waals surface area (Å²) in [5.41, 5.74) is 3.41. The minimum Gasteiger partial charge on any atom is -0.506 e. The highest BCUT2D eigenvalue weighted by molar-refractivity contribution is 6.05. The lowest BCUT2D eigenvalue weighted by molar-refractivity contribution is -0.136. The maximum atomic E-state index is 12.8. The van der Waals surface area contributed by atoms with Crippen LogP contribution in [-0.4, -0.2) is 38.8 Å². The minimum absolute atomic E-state index is 0.115. The second-order valence-electron chi connectivity index (χ2n) is 7.32. The largest absolute Gasteiger partial charge is 0.506 e. The van der Waals surface area contributed by atoms with E-state index in [0.29, 0.717) is 29.7 Å². The van der Waals surface area contributed by atoms with Gasteiger partial charge in [0.2, 0.25) is 11.8 Å². The number of amides is 3. The van der Waals surface area contributed by atoms with Crippen molar-refractivity contribution in [1.82, 2.24) is 15.2 Å². The average molecular weight is 387 g/mol. The molecule has 3 amide bonds. The average Bonchev–Trinajstić information content (AvgIpc) is 3.04. The predicted octanol–water partition coefficient (Wildman–Crippen LogP) is 2.37. The summed E-state index contributed by atoms with van der Waals surface area (Å²) >= 11 is 0. The number of phenolic OH excluding ortho intramolecular Hbond substituents is 1. The van der Waals surface area contributed by atoms with Crippen LogP contribution in [0, 0.1) is 0 Å². The first-order valence-corrected chi connectivity index (χ1v) is 9.38. The van der Waals surface area contributed by atoms with Crippen molar-refractivity contribution in [2.75, 3.05) is 0 Å². The van der Waals surface area contributed by atoms with Gasteiger partial charge in [0, 0.05) is 29.5 Å². The molecule has 7 heteroatoms. The molecule has 0 saturated carbocycles. The Morgan fingerprint density at radius 3 is 2.76 bits per heavy atom. The first-order chi connectivity index (χ1) is 14.0. The van der Waals surface area contributed by atoms with Crippen molar-refractivity contribution >= 4 is 28.6 Å². The number of aromatic hydroxyl groups is 1. The van der Waals surface area contributed by atoms with E-state index in [9.17, 15) is 19.5 Å². The van der Waals surface area contributed by atoms with Gasteiger partial charge in [-0.3, -0.25) is 19.7 Å². The molecule has 1 unspecified atom stereocenters. The molecular formula is C22H17N3O4. The molecule has 2 aliphatic heterocycles. The molecule has 5 rings (SSSR count). The molecular weight excluding hydrogens is 370 g/mol. The van der Waals surface area contributed by atoms with Crippen LogP contribution in [0.3, 0.4) is 0 Å². The van der Waals surface area contributed by atoms with Gasteiger partial charge in [0.25, 0.3) is 5.91 Å². The Morgan fingerprint density at radius 1 is 1.07 bits per heavy atom. The fourth-order valence-corrected chi connectivity index (χ4v) is 4.03. The third kappa shape index (κ3) is 2.82. The van der Waals surface area contributed by atoms with Gasteiger partial charge in [-0.15, -0.1) is 0 Å². The molecule has 29 heavy (non-hydrogen) atoms. The van der Waals surface area contributed by atoms with Crippen LogP contribution in [0.2, 0.25) is 0 Å². The molecule has 0 bridgehead atoms. The van der Waals surface area contributed by atoms with Crippen LogP contribution in [0.1, 0.15) is 28.8 Å². The number of carbonyl (C=O) groups excluding carboxylic acids is 3. The van der Waals surface area contributed by atoms with Crippen LogP contribution >= 0.6 is 0 Å². The van der Waals surface area contributed by atoms with Crippen molar-refractivity contribution in [1.29, 1.82) is 0 Å². The summed E-state index contributed by atoms with van der Waals surface area (Å²) < 4.78 is 0. The lowest BCUT2D eigenvalue weighted by Gasteiger charge is -2.29. The van der Waals surface area contributed by atoms with Crippen molar-refractivity contribution in [3.05, 3.63) is 59.7 Å². The quantitative estimate of drug-likeness (QED) is 0.658. The Balaban J connectivity index is 1.48. The number of piperidine rings is 1. The highest BCUT2D eigenvalue weighted by atomic mass is 16.3. The van der Waals surface area contributed by atoms with Crippen LogP contribution in [0.25, 0.3) is 22.2 Å². The van der Waals surface area contributed by atoms with Crippen LogP contribution in [0.4, 0.5) is 0 Å². The standard InChI is InChI=1S/C22H17N3O4/c26-18-3-1-2-12-5-7-16(23-20(12)18)13-4-6-15-14(10-13)11-25(22(15)29)17-8-9-19(27)24-21(17)28/h1-7,10,17,26H,8-9,11H2,(H,24,27,28). The second-order valence-corrected chi connectivity index (χ2v) is 7.32. The molecule has 1 atom stereocenters. The Bertz CT molecular complexity index is 1200. The predicted molar refractivity (Wildman–Crippen MR) is 105 cm³/mol. The van der Waals surface area contributed by atoms with Crippen molar-refractivity contribution in [2.24, 2.45) is 0 Å². The van der Waals surface area contributed by atoms with Crippen molar-refractivity contribution in [2.45, 2.75) is 25.4 Å². The number of rotatable bonds is 2. The molecule has 1 saturated heterocycles. The Hall–Kier alpha value is -3.74. The highest BCUT2D eigenvalue weighted by Gasteiger charge is 2.39. The molecule has 0 radical (unpaired) electrons. The van der Waals surface area contributed by atoms with E-state index in [1.807, 2.05) is 30.3 Å². The zero-order chi connectivity index (χ0) is 20.1. The van der Waals surface area contributed by atoms with Crippen LogP contribution < -0.4 is 5.32 Å². The molecule has 1 fully saturated rings. The molecule has 2 aliphatic rings. The van der Waals surface area contributed by atoms with Crippen LogP contribution in [0.15, 0.2) is 48.5 Å². The molecule has 7 nitrogen and oxygen atoms in total. The number of hydrogen-bond acceptors (Lipinski definition) is 5. The molecule has 3 heterocycles. The van der Waals surface area contributed by atoms with Gasteiger partial charge in [-0.2, -0.15) is 0 Å². The van der Waals surface area contributed by atoms with Gasteiger partial charge < -0.3 is 10.0 Å². The van der Waals surface area contributed by atoms with E-state index < -0.39 is 11.9 Å². The molecule has 0 spiro atoms. The Labute approximate surface area is 166 Å². The van der Waals surface area contributed by atoms with Crippen molar-refractivity contribution < 1.29 is 19.5 Å². The molecule has 144 valence electrons. The zero-order valence-corrected chi connectivity index (χ0v) is 15.4. The van der Waals surface area contributed by atoms with Gasteiger partial charge >= 0.3 is 0 Å². The maximum absolute atomic E-state index is 12.8. The smallest absolute Gasteiger partial charge is 0.255 e. The van der Waals surface area contributed by atoms with Gasteiger partial charge in [0.15, 0.2) is 0 Å². The van der Waals surface area contributed by atoms with E-state index in [4.69, 9.17) is 0 Å². The summed E-state index contributed by atoms with van der Waals surface area (Å²) in [6.07, 6.45) is 0.565. The number of nitrogens with zero attached hydrogens (tertiary/aromatic N) is 2. The number of hydrogen-bond donors (Lipinski definition) is 2. The van der Waals surface area contributed by atoms with Gasteiger partial charge in [0.05, 0.1) is 5.69 Å². The summed E-state index contributed by atoms with van der Waals surface area (Å²) in [7, 11) is 0. The van der Waals surface area contributed by atoms with Gasteiger partial charge in [-0.1, -0.05) is 24.3 Å². The highest BCUT2D eigenvalue weighted by Crippen LogP contribution is 2.32. The molecule has 3 aromatic rings. The van der Waals surface area contributed by atoms with Crippen molar-refractivity contribution in [3.8, 4) is 17.0 Å². The molecule has 2 N–H and O–H groups in total. The SMILES string of the molecule is O=C1CCC(N2Cc3cc(-c4ccc5cccc(O)c5n4)ccc3C2=O)C(=O)N1. The summed E-state index contributed by atoms with van der Waals surface area (Å²) in [5, 5.41) is 13.2. The number of para-hydroxylation sites is 1. The summed E-state index contributed by atoms with van der Waals surface area (Å²) in [6, 6.07) is 13.8. The van der Waals surface area contributed by atoms with E-state index in [0.717, 1.165) is 16.5 Å². The molecule has 2 aromatic carbocycles. The minimum atomic E-state index is -0.633.